The summed E-state index contributed by atoms with van der Waals surface area (Å²) >= 11 is 0. The number of benzene rings is 1. The molecule has 160 valence electrons. The SMILES string of the molecule is C=C[C@@]1(C)C[C@](O)([C@@H]2O[C@]2(C)CCC=C(C)C)Oc2c1c(=O)oc1cccc(C)c21. The van der Waals surface area contributed by atoms with Gasteiger partial charge < -0.3 is 19.0 Å². The standard InChI is InChI=1S/C25H30O5/c1-7-23(5)14-25(27,22-24(6,30-22)13-9-10-15(2)3)29-20-18-16(4)11-8-12-17(18)28-21(26)19(20)23/h7-8,10-12,22,27H,1,9,13-14H2,2-6H3/t22-,23+,24-,25-/m1/s1. The molecule has 0 bridgehead atoms. The average Bonchev–Trinajstić information content (AvgIpc) is 3.33. The molecule has 0 amide bonds. The number of hydrogen-bond acceptors (Lipinski definition) is 5. The maximum absolute atomic E-state index is 12.9. The molecule has 1 aromatic carbocycles. The van der Waals surface area contributed by atoms with E-state index in [1.807, 2.05) is 32.9 Å². The van der Waals surface area contributed by atoms with Crippen LogP contribution in [0.4, 0.5) is 0 Å². The summed E-state index contributed by atoms with van der Waals surface area (Å²) in [5.41, 5.74) is 1.25. The van der Waals surface area contributed by atoms with Crippen LogP contribution >= 0.6 is 0 Å². The van der Waals surface area contributed by atoms with Crippen molar-refractivity contribution in [3.8, 4) is 5.75 Å². The second kappa shape index (κ2) is 6.82. The molecule has 0 unspecified atom stereocenters. The van der Waals surface area contributed by atoms with Gasteiger partial charge in [0.25, 0.3) is 0 Å². The van der Waals surface area contributed by atoms with Crippen LogP contribution in [-0.4, -0.2) is 22.6 Å². The second-order valence-corrected chi connectivity index (χ2v) is 9.42. The molecule has 0 aliphatic carbocycles. The molecule has 0 spiro atoms. The molecule has 2 aromatic rings. The van der Waals surface area contributed by atoms with Crippen molar-refractivity contribution in [3.63, 3.8) is 0 Å². The highest BCUT2D eigenvalue weighted by Gasteiger charge is 2.67. The number of hydrogen-bond donors (Lipinski definition) is 1. The Labute approximate surface area is 177 Å². The van der Waals surface area contributed by atoms with Gasteiger partial charge in [0.2, 0.25) is 5.79 Å². The highest BCUT2D eigenvalue weighted by Crippen LogP contribution is 2.55. The summed E-state index contributed by atoms with van der Waals surface area (Å²) in [6.45, 7) is 13.9. The van der Waals surface area contributed by atoms with E-state index >= 15 is 0 Å². The van der Waals surface area contributed by atoms with Crippen molar-refractivity contribution in [1.29, 1.82) is 0 Å². The number of rotatable bonds is 5. The van der Waals surface area contributed by atoms with Crippen LogP contribution in [0.1, 0.15) is 58.1 Å². The summed E-state index contributed by atoms with van der Waals surface area (Å²) in [4.78, 5) is 12.9. The molecule has 1 fully saturated rings. The van der Waals surface area contributed by atoms with E-state index in [2.05, 4.69) is 26.5 Å². The van der Waals surface area contributed by atoms with E-state index in [4.69, 9.17) is 13.9 Å². The molecule has 3 heterocycles. The first-order chi connectivity index (χ1) is 14.0. The first kappa shape index (κ1) is 20.9. The molecule has 1 saturated heterocycles. The van der Waals surface area contributed by atoms with Crippen molar-refractivity contribution in [2.75, 3.05) is 0 Å². The largest absolute Gasteiger partial charge is 0.458 e. The van der Waals surface area contributed by atoms with Gasteiger partial charge in [-0.2, -0.15) is 0 Å². The fourth-order valence-corrected chi connectivity index (χ4v) is 4.77. The second-order valence-electron chi connectivity index (χ2n) is 9.42. The van der Waals surface area contributed by atoms with E-state index in [1.54, 1.807) is 12.1 Å². The number of allylic oxidation sites excluding steroid dienone is 3. The van der Waals surface area contributed by atoms with Crippen molar-refractivity contribution < 1.29 is 19.0 Å². The van der Waals surface area contributed by atoms with Gasteiger partial charge in [0.1, 0.15) is 11.3 Å². The molecule has 1 aromatic heterocycles. The van der Waals surface area contributed by atoms with E-state index in [0.29, 0.717) is 22.3 Å². The first-order valence-corrected chi connectivity index (χ1v) is 10.5. The van der Waals surface area contributed by atoms with Crippen LogP contribution in [0.3, 0.4) is 0 Å². The minimum absolute atomic E-state index is 0.168. The Balaban J connectivity index is 1.80. The normalized spacial score (nSPS) is 32.3. The van der Waals surface area contributed by atoms with Gasteiger partial charge >= 0.3 is 5.63 Å². The van der Waals surface area contributed by atoms with Crippen LogP contribution in [-0.2, 0) is 10.2 Å². The molecule has 2 aliphatic rings. The predicted molar refractivity (Wildman–Crippen MR) is 117 cm³/mol. The first-order valence-electron chi connectivity index (χ1n) is 10.5. The summed E-state index contributed by atoms with van der Waals surface area (Å²) in [6.07, 6.45) is 5.19. The predicted octanol–water partition coefficient (Wildman–Crippen LogP) is 4.92. The molecule has 1 N–H and O–H groups in total. The zero-order valence-corrected chi connectivity index (χ0v) is 18.4. The van der Waals surface area contributed by atoms with Gasteiger partial charge in [-0.15, -0.1) is 6.58 Å². The minimum atomic E-state index is -1.57. The molecule has 0 saturated carbocycles. The lowest BCUT2D eigenvalue weighted by molar-refractivity contribution is -0.175. The van der Waals surface area contributed by atoms with Crippen LogP contribution in [0.5, 0.6) is 5.75 Å². The maximum Gasteiger partial charge on any atom is 0.344 e. The lowest BCUT2D eigenvalue weighted by Crippen LogP contribution is -2.53. The van der Waals surface area contributed by atoms with Gasteiger partial charge in [0, 0.05) is 11.8 Å². The van der Waals surface area contributed by atoms with E-state index < -0.39 is 28.5 Å². The third kappa shape index (κ3) is 3.21. The van der Waals surface area contributed by atoms with Crippen molar-refractivity contribution in [3.05, 3.63) is 64.1 Å². The zero-order valence-electron chi connectivity index (χ0n) is 18.4. The third-order valence-electron chi connectivity index (χ3n) is 6.50. The van der Waals surface area contributed by atoms with Crippen LogP contribution < -0.4 is 10.4 Å². The number of aliphatic hydroxyl groups is 1. The van der Waals surface area contributed by atoms with Gasteiger partial charge in [-0.3, -0.25) is 0 Å². The van der Waals surface area contributed by atoms with Gasteiger partial charge in [0.15, 0.2) is 6.10 Å². The Bertz CT molecular complexity index is 1110. The molecule has 4 rings (SSSR count). The van der Waals surface area contributed by atoms with Gasteiger partial charge in [-0.25, -0.2) is 4.79 Å². The third-order valence-corrected chi connectivity index (χ3v) is 6.50. The summed E-state index contributed by atoms with van der Waals surface area (Å²) in [6, 6.07) is 5.50. The molecule has 5 nitrogen and oxygen atoms in total. The molecule has 4 atom stereocenters. The van der Waals surface area contributed by atoms with Crippen LogP contribution in [0, 0.1) is 6.92 Å². The number of fused-ring (bicyclic) bond motifs is 3. The summed E-state index contributed by atoms with van der Waals surface area (Å²) < 4.78 is 17.9. The van der Waals surface area contributed by atoms with Gasteiger partial charge in [0.05, 0.1) is 16.6 Å². The molecule has 0 radical (unpaired) electrons. The van der Waals surface area contributed by atoms with Crippen molar-refractivity contribution in [1.82, 2.24) is 0 Å². The zero-order chi connectivity index (χ0) is 21.9. The molecule has 5 heteroatoms. The molecular weight excluding hydrogens is 380 g/mol. The van der Waals surface area contributed by atoms with Gasteiger partial charge in [-0.1, -0.05) is 36.8 Å². The Morgan fingerprint density at radius 2 is 2.07 bits per heavy atom. The van der Waals surface area contributed by atoms with Crippen molar-refractivity contribution >= 4 is 11.0 Å². The Hall–Kier alpha value is -2.37. The lowest BCUT2D eigenvalue weighted by Gasteiger charge is -2.42. The average molecular weight is 411 g/mol. The van der Waals surface area contributed by atoms with E-state index in [1.165, 1.54) is 5.57 Å². The maximum atomic E-state index is 12.9. The van der Waals surface area contributed by atoms with Gasteiger partial charge in [-0.05, 0) is 52.2 Å². The minimum Gasteiger partial charge on any atom is -0.458 e. The van der Waals surface area contributed by atoms with E-state index in [9.17, 15) is 9.90 Å². The van der Waals surface area contributed by atoms with Crippen molar-refractivity contribution in [2.24, 2.45) is 0 Å². The van der Waals surface area contributed by atoms with Crippen LogP contribution in [0.2, 0.25) is 0 Å². The fraction of sp³-hybridized carbons (Fsp3) is 0.480. The van der Waals surface area contributed by atoms with Crippen LogP contribution in [0.25, 0.3) is 11.0 Å². The molecular formula is C25H30O5. The summed E-state index contributed by atoms with van der Waals surface area (Å²) in [5, 5.41) is 12.4. The Kier molecular flexibility index (Phi) is 4.75. The molecule has 30 heavy (non-hydrogen) atoms. The molecule has 2 aliphatic heterocycles. The number of epoxide rings is 1. The summed E-state index contributed by atoms with van der Waals surface area (Å²) in [5.74, 6) is -1.20. The van der Waals surface area contributed by atoms with E-state index in [-0.39, 0.29) is 6.42 Å². The monoisotopic (exact) mass is 410 g/mol. The fourth-order valence-electron chi connectivity index (χ4n) is 4.77. The topological polar surface area (TPSA) is 72.2 Å². The van der Waals surface area contributed by atoms with E-state index in [0.717, 1.165) is 18.4 Å². The highest BCUT2D eigenvalue weighted by molar-refractivity contribution is 5.88. The quantitative estimate of drug-likeness (QED) is 0.430. The Morgan fingerprint density at radius 3 is 2.73 bits per heavy atom. The number of aryl methyl sites for hydroxylation is 1. The summed E-state index contributed by atoms with van der Waals surface area (Å²) in [7, 11) is 0. The smallest absolute Gasteiger partial charge is 0.344 e. The highest BCUT2D eigenvalue weighted by atomic mass is 16.7. The van der Waals surface area contributed by atoms with Crippen LogP contribution in [0.15, 0.2) is 51.7 Å². The Morgan fingerprint density at radius 1 is 1.33 bits per heavy atom. The lowest BCUT2D eigenvalue weighted by atomic mass is 9.73. The van der Waals surface area contributed by atoms with Crippen molar-refractivity contribution in [2.45, 2.75) is 76.8 Å². The number of ether oxygens (including phenoxy) is 2.